The highest BCUT2D eigenvalue weighted by Gasteiger charge is 2.40. The van der Waals surface area contributed by atoms with E-state index in [0.29, 0.717) is 19.0 Å². The van der Waals surface area contributed by atoms with Gasteiger partial charge in [0, 0.05) is 13.2 Å². The molecule has 1 amide bonds. The molecular weight excluding hydrogens is 314 g/mol. The third-order valence-corrected chi connectivity index (χ3v) is 3.65. The van der Waals surface area contributed by atoms with E-state index in [0.717, 1.165) is 12.8 Å². The average molecular weight is 341 g/mol. The van der Waals surface area contributed by atoms with Crippen LogP contribution in [0.4, 0.5) is 4.79 Å². The Labute approximate surface area is 142 Å². The van der Waals surface area contributed by atoms with Crippen LogP contribution < -0.4 is 0 Å². The summed E-state index contributed by atoms with van der Waals surface area (Å²) in [6.07, 6.45) is 1.57. The van der Waals surface area contributed by atoms with E-state index >= 15 is 0 Å². The number of nitrogens with zero attached hydrogens (tertiary/aromatic N) is 3. The molecule has 0 spiro atoms. The second-order valence-electron chi connectivity index (χ2n) is 6.75. The molecule has 2 heterocycles. The number of rotatable bonds is 6. The topological polar surface area (TPSA) is 86.9 Å². The van der Waals surface area contributed by atoms with Gasteiger partial charge < -0.3 is 23.6 Å². The second-order valence-corrected chi connectivity index (χ2v) is 6.75. The summed E-state index contributed by atoms with van der Waals surface area (Å²) in [6.45, 7) is 10.4. The lowest BCUT2D eigenvalue weighted by Crippen LogP contribution is -2.43. The molecule has 0 aliphatic carbocycles. The summed E-state index contributed by atoms with van der Waals surface area (Å²) >= 11 is 0. The first-order valence-corrected chi connectivity index (χ1v) is 8.34. The Balaban J connectivity index is 2.16. The van der Waals surface area contributed by atoms with Crippen molar-refractivity contribution in [2.75, 3.05) is 13.2 Å². The van der Waals surface area contributed by atoms with Crippen LogP contribution in [0.5, 0.6) is 0 Å². The molecule has 24 heavy (non-hydrogen) atoms. The first-order valence-electron chi connectivity index (χ1n) is 8.34. The van der Waals surface area contributed by atoms with Crippen molar-refractivity contribution in [2.24, 2.45) is 0 Å². The minimum absolute atomic E-state index is 0.222. The van der Waals surface area contributed by atoms with Gasteiger partial charge >= 0.3 is 6.09 Å². The van der Waals surface area contributed by atoms with Crippen molar-refractivity contribution >= 4 is 6.09 Å². The predicted molar refractivity (Wildman–Crippen MR) is 85.2 cm³/mol. The van der Waals surface area contributed by atoms with Crippen LogP contribution in [-0.4, -0.2) is 52.2 Å². The number of carbonyl (C=O) groups excluding carboxylic acids is 1. The molecule has 2 unspecified atom stereocenters. The number of amides is 1. The molecule has 1 aliphatic heterocycles. The molecule has 1 aromatic heterocycles. The lowest BCUT2D eigenvalue weighted by Gasteiger charge is -2.32. The third-order valence-electron chi connectivity index (χ3n) is 3.65. The van der Waals surface area contributed by atoms with Crippen LogP contribution in [0.1, 0.15) is 59.4 Å². The summed E-state index contributed by atoms with van der Waals surface area (Å²) < 4.78 is 21.8. The van der Waals surface area contributed by atoms with E-state index in [9.17, 15) is 4.79 Å². The molecule has 136 valence electrons. The highest BCUT2D eigenvalue weighted by atomic mass is 16.7. The summed E-state index contributed by atoms with van der Waals surface area (Å²) in [6, 6.07) is -0.222. The Bertz CT molecular complexity index is 514. The lowest BCUT2D eigenvalue weighted by molar-refractivity contribution is -0.174. The van der Waals surface area contributed by atoms with Crippen molar-refractivity contribution in [1.82, 2.24) is 15.0 Å². The molecule has 1 fully saturated rings. The van der Waals surface area contributed by atoms with E-state index in [4.69, 9.17) is 18.7 Å². The molecule has 0 radical (unpaired) electrons. The molecule has 1 saturated heterocycles. The molecule has 0 N–H and O–H groups in total. The fourth-order valence-corrected chi connectivity index (χ4v) is 2.76. The molecule has 0 bridgehead atoms. The van der Waals surface area contributed by atoms with Gasteiger partial charge in [-0.05, 0) is 47.5 Å². The molecule has 8 nitrogen and oxygen atoms in total. The maximum absolute atomic E-state index is 12.5. The molecule has 0 saturated carbocycles. The molecule has 0 aromatic carbocycles. The fraction of sp³-hybridized carbons (Fsp3) is 0.812. The minimum Gasteiger partial charge on any atom is -0.444 e. The van der Waals surface area contributed by atoms with E-state index in [-0.39, 0.29) is 12.1 Å². The first-order chi connectivity index (χ1) is 11.3. The highest BCUT2D eigenvalue weighted by molar-refractivity contribution is 5.69. The van der Waals surface area contributed by atoms with Crippen LogP contribution in [0.3, 0.4) is 0 Å². The molecule has 3 atom stereocenters. The van der Waals surface area contributed by atoms with Crippen molar-refractivity contribution in [1.29, 1.82) is 0 Å². The van der Waals surface area contributed by atoms with Gasteiger partial charge in [-0.15, -0.1) is 0 Å². The summed E-state index contributed by atoms with van der Waals surface area (Å²) in [5.74, 6) is 0.405. The average Bonchev–Trinajstić information content (AvgIpc) is 3.15. The summed E-state index contributed by atoms with van der Waals surface area (Å²) in [7, 11) is 0. The third kappa shape index (κ3) is 4.91. The molecular formula is C16H27N3O5. The molecule has 2 rings (SSSR count). The minimum atomic E-state index is -0.550. The Morgan fingerprint density at radius 1 is 1.50 bits per heavy atom. The van der Waals surface area contributed by atoms with Crippen LogP contribution in [0.2, 0.25) is 0 Å². The SMILES string of the molecule is CCOC(C)OC(c1ncon1)[C@@H]1CCCN1C(=O)OC(C)(C)C. The predicted octanol–water partition coefficient (Wildman–Crippen LogP) is 2.91. The quantitative estimate of drug-likeness (QED) is 0.735. The number of aromatic nitrogens is 2. The van der Waals surface area contributed by atoms with Gasteiger partial charge in [-0.2, -0.15) is 4.98 Å². The maximum Gasteiger partial charge on any atom is 0.410 e. The van der Waals surface area contributed by atoms with Crippen molar-refractivity contribution in [2.45, 2.75) is 71.5 Å². The van der Waals surface area contributed by atoms with Crippen LogP contribution in [-0.2, 0) is 14.2 Å². The zero-order valence-corrected chi connectivity index (χ0v) is 15.0. The normalized spacial score (nSPS) is 20.9. The number of hydrogen-bond acceptors (Lipinski definition) is 7. The summed E-state index contributed by atoms with van der Waals surface area (Å²) in [5, 5.41) is 3.90. The van der Waals surface area contributed by atoms with Crippen molar-refractivity contribution in [3.8, 4) is 0 Å². The maximum atomic E-state index is 12.5. The van der Waals surface area contributed by atoms with Gasteiger partial charge in [0.2, 0.25) is 12.2 Å². The fourth-order valence-electron chi connectivity index (χ4n) is 2.76. The van der Waals surface area contributed by atoms with Gasteiger partial charge in [0.15, 0.2) is 6.29 Å². The highest BCUT2D eigenvalue weighted by Crippen LogP contribution is 2.32. The Hall–Kier alpha value is -1.67. The van der Waals surface area contributed by atoms with E-state index in [1.807, 2.05) is 34.6 Å². The standard InChI is InChI=1S/C16H27N3O5/c1-6-21-11(2)23-13(14-17-10-22-18-14)12-8-7-9-19(12)15(20)24-16(3,4)5/h10-13H,6-9H2,1-5H3/t11?,12-,13?/m0/s1. The lowest BCUT2D eigenvalue weighted by atomic mass is 10.1. The molecule has 1 aliphatic rings. The Morgan fingerprint density at radius 3 is 2.83 bits per heavy atom. The van der Waals surface area contributed by atoms with Crippen molar-refractivity contribution < 1.29 is 23.5 Å². The van der Waals surface area contributed by atoms with Gasteiger partial charge in [-0.25, -0.2) is 4.79 Å². The van der Waals surface area contributed by atoms with Gasteiger partial charge in [0.1, 0.15) is 11.7 Å². The van der Waals surface area contributed by atoms with Gasteiger partial charge in [0.05, 0.1) is 6.04 Å². The van der Waals surface area contributed by atoms with Gasteiger partial charge in [-0.1, -0.05) is 5.16 Å². The Morgan fingerprint density at radius 2 is 2.25 bits per heavy atom. The number of carbonyl (C=O) groups is 1. The largest absolute Gasteiger partial charge is 0.444 e. The number of likely N-dealkylation sites (tertiary alicyclic amines) is 1. The first kappa shape index (κ1) is 18.7. The van der Waals surface area contributed by atoms with E-state index in [1.165, 1.54) is 6.39 Å². The van der Waals surface area contributed by atoms with E-state index < -0.39 is 18.0 Å². The van der Waals surface area contributed by atoms with Gasteiger partial charge in [0.25, 0.3) is 0 Å². The van der Waals surface area contributed by atoms with Crippen molar-refractivity contribution in [3.63, 3.8) is 0 Å². The summed E-state index contributed by atoms with van der Waals surface area (Å²) in [5.41, 5.74) is -0.550. The Kier molecular flexibility index (Phi) is 6.17. The second kappa shape index (κ2) is 7.94. The zero-order valence-electron chi connectivity index (χ0n) is 15.0. The molecule has 8 heteroatoms. The van der Waals surface area contributed by atoms with Crippen LogP contribution >= 0.6 is 0 Å². The van der Waals surface area contributed by atoms with Gasteiger partial charge in [-0.3, -0.25) is 0 Å². The van der Waals surface area contributed by atoms with Crippen LogP contribution in [0, 0.1) is 0 Å². The summed E-state index contributed by atoms with van der Waals surface area (Å²) in [4.78, 5) is 18.3. The van der Waals surface area contributed by atoms with E-state index in [1.54, 1.807) is 4.90 Å². The number of ether oxygens (including phenoxy) is 3. The van der Waals surface area contributed by atoms with E-state index in [2.05, 4.69) is 10.1 Å². The number of hydrogen-bond donors (Lipinski definition) is 0. The molecule has 1 aromatic rings. The smallest absolute Gasteiger partial charge is 0.410 e. The zero-order chi connectivity index (χ0) is 17.7. The van der Waals surface area contributed by atoms with Crippen LogP contribution in [0.25, 0.3) is 0 Å². The van der Waals surface area contributed by atoms with Crippen molar-refractivity contribution in [3.05, 3.63) is 12.2 Å². The monoisotopic (exact) mass is 341 g/mol. The van der Waals surface area contributed by atoms with Crippen LogP contribution in [0.15, 0.2) is 10.9 Å².